The van der Waals surface area contributed by atoms with Crippen molar-refractivity contribution in [2.75, 3.05) is 4.90 Å². The highest BCUT2D eigenvalue weighted by molar-refractivity contribution is 6.51. The molecule has 1 aromatic heterocycles. The van der Waals surface area contributed by atoms with E-state index in [1.807, 2.05) is 0 Å². The Morgan fingerprint density at radius 2 is 1.69 bits per heavy atom. The minimum atomic E-state index is -0.999. The van der Waals surface area contributed by atoms with E-state index in [1.54, 1.807) is 12.1 Å². The van der Waals surface area contributed by atoms with Crippen LogP contribution >= 0.6 is 0 Å². The number of rotatable bonds is 3. The molecule has 1 atom stereocenters. The number of anilines is 1. The van der Waals surface area contributed by atoms with Crippen molar-refractivity contribution in [3.8, 4) is 5.75 Å². The predicted octanol–water partition coefficient (Wildman–Crippen LogP) is 3.55. The highest BCUT2D eigenvalue weighted by atomic mass is 19.1. The van der Waals surface area contributed by atoms with Crippen molar-refractivity contribution < 1.29 is 24.2 Å². The first-order chi connectivity index (χ1) is 14.0. The summed E-state index contributed by atoms with van der Waals surface area (Å²) in [6.07, 6.45) is 2.91. The fourth-order valence-corrected chi connectivity index (χ4v) is 3.38. The van der Waals surface area contributed by atoms with Crippen LogP contribution in [-0.4, -0.2) is 26.9 Å². The lowest BCUT2D eigenvalue weighted by atomic mass is 9.95. The molecule has 6 nitrogen and oxygen atoms in total. The van der Waals surface area contributed by atoms with Gasteiger partial charge in [0.05, 0.1) is 11.6 Å². The molecule has 144 valence electrons. The van der Waals surface area contributed by atoms with Crippen molar-refractivity contribution in [2.45, 2.75) is 6.04 Å². The zero-order valence-electron chi connectivity index (χ0n) is 15.0. The molecule has 1 saturated heterocycles. The van der Waals surface area contributed by atoms with Gasteiger partial charge in [0.1, 0.15) is 17.3 Å². The van der Waals surface area contributed by atoms with Crippen molar-refractivity contribution in [1.82, 2.24) is 4.98 Å². The molecule has 1 unspecified atom stereocenters. The van der Waals surface area contributed by atoms with Crippen LogP contribution < -0.4 is 4.90 Å². The van der Waals surface area contributed by atoms with Gasteiger partial charge in [0.15, 0.2) is 0 Å². The Morgan fingerprint density at radius 3 is 2.34 bits per heavy atom. The molecule has 2 heterocycles. The van der Waals surface area contributed by atoms with Crippen molar-refractivity contribution in [3.63, 3.8) is 0 Å². The summed E-state index contributed by atoms with van der Waals surface area (Å²) in [5.74, 6) is -2.65. The van der Waals surface area contributed by atoms with Crippen LogP contribution in [0.2, 0.25) is 0 Å². The van der Waals surface area contributed by atoms with Gasteiger partial charge in [0, 0.05) is 23.6 Å². The molecular weight excluding hydrogens is 375 g/mol. The number of aliphatic hydroxyl groups excluding tert-OH is 1. The number of pyridine rings is 1. The monoisotopic (exact) mass is 390 g/mol. The number of nitrogens with zero attached hydrogens (tertiary/aromatic N) is 2. The quantitative estimate of drug-likeness (QED) is 0.405. The molecule has 29 heavy (non-hydrogen) atoms. The van der Waals surface area contributed by atoms with Gasteiger partial charge >= 0.3 is 0 Å². The van der Waals surface area contributed by atoms with E-state index in [1.165, 1.54) is 65.8 Å². The summed E-state index contributed by atoms with van der Waals surface area (Å²) in [5, 5.41) is 20.8. The number of ketones is 1. The maximum absolute atomic E-state index is 13.4. The van der Waals surface area contributed by atoms with E-state index in [2.05, 4.69) is 4.98 Å². The topological polar surface area (TPSA) is 90.7 Å². The molecular formula is C22H15FN2O4. The maximum Gasteiger partial charge on any atom is 0.300 e. The second-order valence-corrected chi connectivity index (χ2v) is 6.48. The van der Waals surface area contributed by atoms with Gasteiger partial charge in [-0.25, -0.2) is 4.39 Å². The van der Waals surface area contributed by atoms with Crippen LogP contribution in [0.4, 0.5) is 10.1 Å². The van der Waals surface area contributed by atoms with E-state index >= 15 is 0 Å². The van der Waals surface area contributed by atoms with Crippen LogP contribution in [0.15, 0.2) is 78.6 Å². The van der Waals surface area contributed by atoms with Crippen molar-refractivity contribution in [2.24, 2.45) is 0 Å². The number of hydrogen-bond donors (Lipinski definition) is 2. The number of carbonyl (C=O) groups is 2. The molecule has 4 rings (SSSR count). The Balaban J connectivity index is 1.96. The molecule has 7 heteroatoms. The van der Waals surface area contributed by atoms with Gasteiger partial charge in [-0.15, -0.1) is 0 Å². The average Bonchev–Trinajstić information content (AvgIpc) is 3.00. The standard InChI is InChI=1S/C22H15FN2O4/c23-15-4-6-16(7-5-15)25-19(14-2-1-3-17(26)12-14)18(21(28)22(25)29)20(27)13-8-10-24-11-9-13/h1-12,19,26-27H/b20-18-. The summed E-state index contributed by atoms with van der Waals surface area (Å²) >= 11 is 0. The number of halogens is 1. The Hall–Kier alpha value is -4.00. The number of phenolic OH excluding ortho intramolecular Hbond substituents is 1. The second kappa shape index (κ2) is 7.20. The zero-order chi connectivity index (χ0) is 20.5. The van der Waals surface area contributed by atoms with E-state index in [4.69, 9.17) is 0 Å². The van der Waals surface area contributed by atoms with Gasteiger partial charge < -0.3 is 10.2 Å². The van der Waals surface area contributed by atoms with Gasteiger partial charge in [0.25, 0.3) is 11.7 Å². The normalized spacial score (nSPS) is 18.2. The first-order valence-electron chi connectivity index (χ1n) is 8.73. The van der Waals surface area contributed by atoms with Crippen LogP contribution in [0, 0.1) is 5.82 Å². The minimum Gasteiger partial charge on any atom is -0.508 e. The third kappa shape index (κ3) is 3.23. The first kappa shape index (κ1) is 18.4. The van der Waals surface area contributed by atoms with Gasteiger partial charge in [-0.3, -0.25) is 19.5 Å². The molecule has 3 aromatic rings. The Kier molecular flexibility index (Phi) is 4.56. The molecule has 1 amide bonds. The zero-order valence-corrected chi connectivity index (χ0v) is 15.0. The van der Waals surface area contributed by atoms with E-state index in [9.17, 15) is 24.2 Å². The summed E-state index contributed by atoms with van der Waals surface area (Å²) in [6, 6.07) is 13.2. The fraction of sp³-hybridized carbons (Fsp3) is 0.0455. The van der Waals surface area contributed by atoms with Gasteiger partial charge in [-0.2, -0.15) is 0 Å². The molecule has 2 aromatic carbocycles. The lowest BCUT2D eigenvalue weighted by molar-refractivity contribution is -0.132. The molecule has 1 fully saturated rings. The Labute approximate surface area is 165 Å². The van der Waals surface area contributed by atoms with E-state index < -0.39 is 23.5 Å². The number of benzene rings is 2. The van der Waals surface area contributed by atoms with Gasteiger partial charge in [0.2, 0.25) is 0 Å². The summed E-state index contributed by atoms with van der Waals surface area (Å²) in [4.78, 5) is 30.8. The maximum atomic E-state index is 13.4. The predicted molar refractivity (Wildman–Crippen MR) is 104 cm³/mol. The number of carbonyl (C=O) groups excluding carboxylic acids is 2. The molecule has 0 spiro atoms. The number of aromatic nitrogens is 1. The van der Waals surface area contributed by atoms with E-state index in [0.717, 1.165) is 0 Å². The molecule has 0 radical (unpaired) electrons. The summed E-state index contributed by atoms with van der Waals surface area (Å²) in [5.41, 5.74) is 0.901. The van der Waals surface area contributed by atoms with Crippen LogP contribution in [0.5, 0.6) is 5.75 Å². The number of phenols is 1. The highest BCUT2D eigenvalue weighted by Crippen LogP contribution is 2.42. The van der Waals surface area contributed by atoms with Gasteiger partial charge in [-0.05, 0) is 54.1 Å². The van der Waals surface area contributed by atoms with Crippen LogP contribution in [-0.2, 0) is 9.59 Å². The molecule has 1 aliphatic heterocycles. The summed E-state index contributed by atoms with van der Waals surface area (Å²) < 4.78 is 13.4. The van der Waals surface area contributed by atoms with Crippen molar-refractivity contribution in [1.29, 1.82) is 0 Å². The molecule has 0 bridgehead atoms. The van der Waals surface area contributed by atoms with Gasteiger partial charge in [-0.1, -0.05) is 12.1 Å². The lowest BCUT2D eigenvalue weighted by Gasteiger charge is -2.25. The number of Topliss-reactive ketones (excluding diaryl/α,β-unsaturated/α-hetero) is 1. The van der Waals surface area contributed by atoms with Crippen molar-refractivity contribution in [3.05, 3.63) is 95.6 Å². The molecule has 2 N–H and O–H groups in total. The SMILES string of the molecule is O=C1C(=O)N(c2ccc(F)cc2)C(c2cccc(O)c2)/C1=C(/O)c1ccncc1. The van der Waals surface area contributed by atoms with E-state index in [-0.39, 0.29) is 22.8 Å². The van der Waals surface area contributed by atoms with Crippen LogP contribution in [0.3, 0.4) is 0 Å². The molecule has 0 saturated carbocycles. The third-order valence-electron chi connectivity index (χ3n) is 4.69. The average molecular weight is 390 g/mol. The molecule has 1 aliphatic rings. The number of aliphatic hydroxyl groups is 1. The minimum absolute atomic E-state index is 0.0592. The smallest absolute Gasteiger partial charge is 0.300 e. The Morgan fingerprint density at radius 1 is 1.00 bits per heavy atom. The highest BCUT2D eigenvalue weighted by Gasteiger charge is 2.47. The van der Waals surface area contributed by atoms with E-state index in [0.29, 0.717) is 11.1 Å². The number of amides is 1. The number of hydrogen-bond acceptors (Lipinski definition) is 5. The van der Waals surface area contributed by atoms with Crippen LogP contribution in [0.1, 0.15) is 17.2 Å². The third-order valence-corrected chi connectivity index (χ3v) is 4.69. The van der Waals surface area contributed by atoms with Crippen molar-refractivity contribution >= 4 is 23.1 Å². The second-order valence-electron chi connectivity index (χ2n) is 6.48. The first-order valence-corrected chi connectivity index (χ1v) is 8.73. The number of aromatic hydroxyl groups is 1. The Bertz CT molecular complexity index is 1130. The summed E-state index contributed by atoms with van der Waals surface area (Å²) in [6.45, 7) is 0. The largest absolute Gasteiger partial charge is 0.508 e. The van der Waals surface area contributed by atoms with Crippen LogP contribution in [0.25, 0.3) is 5.76 Å². The fourth-order valence-electron chi connectivity index (χ4n) is 3.38. The molecule has 0 aliphatic carbocycles. The summed E-state index contributed by atoms with van der Waals surface area (Å²) in [7, 11) is 0. The lowest BCUT2D eigenvalue weighted by Crippen LogP contribution is -2.29.